The molecule has 0 bridgehead atoms. The predicted octanol–water partition coefficient (Wildman–Crippen LogP) is -0.365. The Morgan fingerprint density at radius 1 is 1.50 bits per heavy atom. The maximum Gasteiger partial charge on any atom is 0.244 e. The molecule has 22 heavy (non-hydrogen) atoms. The van der Waals surface area contributed by atoms with Gasteiger partial charge >= 0.3 is 0 Å². The van der Waals surface area contributed by atoms with Gasteiger partial charge in [-0.3, -0.25) is 10.8 Å². The van der Waals surface area contributed by atoms with Crippen LogP contribution in [0, 0.1) is 12.3 Å². The quantitative estimate of drug-likeness (QED) is 0.518. The van der Waals surface area contributed by atoms with Gasteiger partial charge in [-0.25, -0.2) is 9.36 Å². The number of fused-ring (bicyclic) bond motifs is 3. The first-order chi connectivity index (χ1) is 10.7. The number of anilines is 1. The van der Waals surface area contributed by atoms with Gasteiger partial charge in [0, 0.05) is 12.6 Å². The first kappa shape index (κ1) is 12.8. The fourth-order valence-electron chi connectivity index (χ4n) is 2.55. The van der Waals surface area contributed by atoms with E-state index in [1.807, 2.05) is 13.0 Å². The summed E-state index contributed by atoms with van der Waals surface area (Å²) in [5.74, 6) is 1.45. The molecule has 3 aromatic rings. The fourth-order valence-corrected chi connectivity index (χ4v) is 2.55. The minimum absolute atomic E-state index is 0.0801. The van der Waals surface area contributed by atoms with E-state index in [9.17, 15) is 0 Å². The Kier molecular flexibility index (Phi) is 2.66. The summed E-state index contributed by atoms with van der Waals surface area (Å²) in [5.41, 5.74) is 10.1. The van der Waals surface area contributed by atoms with Gasteiger partial charge in [0.2, 0.25) is 5.62 Å². The van der Waals surface area contributed by atoms with Crippen molar-refractivity contribution < 1.29 is 4.52 Å². The van der Waals surface area contributed by atoms with Gasteiger partial charge in [-0.1, -0.05) is 5.16 Å². The van der Waals surface area contributed by atoms with Crippen LogP contribution in [0.1, 0.15) is 17.6 Å². The largest absolute Gasteiger partial charge is 0.361 e. The third-order valence-electron chi connectivity index (χ3n) is 3.54. The van der Waals surface area contributed by atoms with E-state index in [1.54, 1.807) is 15.6 Å². The molecule has 1 aliphatic rings. The Bertz CT molecular complexity index is 905. The van der Waals surface area contributed by atoms with Gasteiger partial charge in [0.15, 0.2) is 11.8 Å². The van der Waals surface area contributed by atoms with Gasteiger partial charge < -0.3 is 15.6 Å². The number of nitrogens with two attached hydrogens (primary N) is 1. The van der Waals surface area contributed by atoms with Crippen LogP contribution < -0.4 is 22.1 Å². The summed E-state index contributed by atoms with van der Waals surface area (Å²) in [5, 5.41) is 20.5. The average Bonchev–Trinajstić information content (AvgIpc) is 3.18. The molecule has 0 fully saturated rings. The minimum atomic E-state index is -0.285. The molecular formula is C12H15N9O. The van der Waals surface area contributed by atoms with Crippen molar-refractivity contribution in [1.29, 1.82) is 5.41 Å². The highest BCUT2D eigenvalue weighted by atomic mass is 16.5. The van der Waals surface area contributed by atoms with Crippen molar-refractivity contribution in [2.24, 2.45) is 5.73 Å². The minimum Gasteiger partial charge on any atom is -0.361 e. The van der Waals surface area contributed by atoms with Crippen molar-refractivity contribution in [1.82, 2.24) is 24.6 Å². The Morgan fingerprint density at radius 3 is 3.09 bits per heavy atom. The zero-order valence-corrected chi connectivity index (χ0v) is 11.9. The molecule has 5 N–H and O–H groups in total. The second-order valence-corrected chi connectivity index (χ2v) is 5.08. The summed E-state index contributed by atoms with van der Waals surface area (Å²) in [6.07, 6.45) is 1.43. The number of aryl methyl sites for hydroxylation is 1. The van der Waals surface area contributed by atoms with Gasteiger partial charge in [0.25, 0.3) is 0 Å². The number of nitrogens with one attached hydrogen (secondary N) is 3. The standard InChI is InChI=1S/C12H15N9O/c1-6-4-8(19-22-6)9-16-11-7-5-15-20(3-2-13)10(7)17-12(14)21(11)18-9/h4-5,9,14,16,18H,2-3,13H2,1H3. The van der Waals surface area contributed by atoms with E-state index >= 15 is 0 Å². The molecule has 10 heteroatoms. The number of hydrogen-bond donors (Lipinski definition) is 4. The Balaban J connectivity index is 1.81. The lowest BCUT2D eigenvalue weighted by Crippen LogP contribution is -2.29. The SMILES string of the molecule is Cc1cc(C2Nc3c4cnn(CCN)c4nc(=N)n3N2)no1. The number of rotatable bonds is 3. The normalized spacial score (nSPS) is 16.5. The molecule has 114 valence electrons. The molecule has 4 heterocycles. The van der Waals surface area contributed by atoms with Gasteiger partial charge in [-0.15, -0.1) is 0 Å². The zero-order chi connectivity index (χ0) is 15.3. The summed E-state index contributed by atoms with van der Waals surface area (Å²) < 4.78 is 8.37. The summed E-state index contributed by atoms with van der Waals surface area (Å²) >= 11 is 0. The molecule has 4 rings (SSSR count). The highest BCUT2D eigenvalue weighted by Crippen LogP contribution is 2.28. The molecule has 0 amide bonds. The van der Waals surface area contributed by atoms with Gasteiger partial charge in [0.1, 0.15) is 17.3 Å². The fraction of sp³-hybridized carbons (Fsp3) is 0.333. The van der Waals surface area contributed by atoms with E-state index in [-0.39, 0.29) is 11.8 Å². The Labute approximate surface area is 124 Å². The van der Waals surface area contributed by atoms with Crippen LogP contribution >= 0.6 is 0 Å². The van der Waals surface area contributed by atoms with E-state index in [2.05, 4.69) is 26.0 Å². The third kappa shape index (κ3) is 1.77. The zero-order valence-electron chi connectivity index (χ0n) is 11.9. The second kappa shape index (κ2) is 4.56. The molecular weight excluding hydrogens is 286 g/mol. The summed E-state index contributed by atoms with van der Waals surface area (Å²) in [7, 11) is 0. The Hall–Kier alpha value is -2.88. The van der Waals surface area contributed by atoms with Crippen LogP contribution in [0.3, 0.4) is 0 Å². The summed E-state index contributed by atoms with van der Waals surface area (Å²) in [4.78, 5) is 4.29. The third-order valence-corrected chi connectivity index (χ3v) is 3.54. The maximum absolute atomic E-state index is 8.09. The maximum atomic E-state index is 8.09. The van der Waals surface area contributed by atoms with Gasteiger partial charge in [-0.05, 0) is 6.92 Å². The lowest BCUT2D eigenvalue weighted by atomic mass is 10.3. The lowest BCUT2D eigenvalue weighted by Gasteiger charge is -2.06. The van der Waals surface area contributed by atoms with Crippen molar-refractivity contribution in [3.8, 4) is 0 Å². The van der Waals surface area contributed by atoms with Crippen molar-refractivity contribution >= 4 is 16.9 Å². The van der Waals surface area contributed by atoms with Crippen LogP contribution in [0.25, 0.3) is 11.0 Å². The lowest BCUT2D eigenvalue weighted by molar-refractivity contribution is 0.388. The highest BCUT2D eigenvalue weighted by molar-refractivity contribution is 5.87. The van der Waals surface area contributed by atoms with Crippen molar-refractivity contribution in [2.45, 2.75) is 19.6 Å². The van der Waals surface area contributed by atoms with E-state index < -0.39 is 0 Å². The van der Waals surface area contributed by atoms with Crippen LogP contribution in [0.15, 0.2) is 16.8 Å². The van der Waals surface area contributed by atoms with Crippen molar-refractivity contribution in [2.75, 3.05) is 17.3 Å². The highest BCUT2D eigenvalue weighted by Gasteiger charge is 2.27. The van der Waals surface area contributed by atoms with Gasteiger partial charge in [-0.2, -0.15) is 10.1 Å². The Morgan fingerprint density at radius 2 is 2.36 bits per heavy atom. The second-order valence-electron chi connectivity index (χ2n) is 5.08. The van der Waals surface area contributed by atoms with E-state index in [4.69, 9.17) is 15.7 Å². The molecule has 0 radical (unpaired) electrons. The van der Waals surface area contributed by atoms with Crippen LogP contribution in [0.5, 0.6) is 0 Å². The average molecular weight is 301 g/mol. The van der Waals surface area contributed by atoms with E-state index in [1.165, 1.54) is 0 Å². The first-order valence-corrected chi connectivity index (χ1v) is 6.87. The van der Waals surface area contributed by atoms with Crippen molar-refractivity contribution in [3.05, 3.63) is 29.3 Å². The van der Waals surface area contributed by atoms with Crippen molar-refractivity contribution in [3.63, 3.8) is 0 Å². The molecule has 1 unspecified atom stereocenters. The van der Waals surface area contributed by atoms with E-state index in [0.29, 0.717) is 24.4 Å². The predicted molar refractivity (Wildman–Crippen MR) is 77.4 cm³/mol. The molecule has 0 saturated carbocycles. The molecule has 0 saturated heterocycles. The molecule has 0 aliphatic carbocycles. The van der Waals surface area contributed by atoms with Crippen LogP contribution in [0.2, 0.25) is 0 Å². The van der Waals surface area contributed by atoms with Crippen LogP contribution in [0.4, 0.5) is 5.82 Å². The molecule has 3 aromatic heterocycles. The number of hydrogen-bond acceptors (Lipinski definition) is 8. The monoisotopic (exact) mass is 301 g/mol. The number of nitrogens with zero attached hydrogens (tertiary/aromatic N) is 5. The summed E-state index contributed by atoms with van der Waals surface area (Å²) in [6, 6.07) is 1.84. The van der Waals surface area contributed by atoms with Crippen LogP contribution in [-0.2, 0) is 6.54 Å². The molecule has 0 spiro atoms. The summed E-state index contributed by atoms with van der Waals surface area (Å²) in [6.45, 7) is 2.85. The van der Waals surface area contributed by atoms with Gasteiger partial charge in [0.05, 0.1) is 18.1 Å². The molecule has 0 aromatic carbocycles. The van der Waals surface area contributed by atoms with E-state index in [0.717, 1.165) is 17.0 Å². The molecule has 1 aliphatic heterocycles. The first-order valence-electron chi connectivity index (χ1n) is 6.87. The molecule has 10 nitrogen and oxygen atoms in total. The smallest absolute Gasteiger partial charge is 0.244 e. The molecule has 1 atom stereocenters. The topological polar surface area (TPSA) is 136 Å². The van der Waals surface area contributed by atoms with Crippen LogP contribution in [-0.4, -0.2) is 31.1 Å². The number of aromatic nitrogens is 5.